The highest BCUT2D eigenvalue weighted by Gasteiger charge is 1.84. The quantitative estimate of drug-likeness (QED) is 0.627. The third kappa shape index (κ3) is 52.0. The lowest BCUT2D eigenvalue weighted by Crippen LogP contribution is -2.15. The summed E-state index contributed by atoms with van der Waals surface area (Å²) in [6, 6.07) is 0. The summed E-state index contributed by atoms with van der Waals surface area (Å²) in [7, 11) is 0. The van der Waals surface area contributed by atoms with Crippen LogP contribution in [0.15, 0.2) is 0 Å². The fourth-order valence-corrected chi connectivity index (χ4v) is 0.142. The first-order chi connectivity index (χ1) is 4.77. The molecule has 3 heteroatoms. The van der Waals surface area contributed by atoms with Gasteiger partial charge < -0.3 is 11.5 Å². The molecule has 0 saturated heterocycles. The van der Waals surface area contributed by atoms with E-state index in [1.165, 1.54) is 0 Å². The van der Waals surface area contributed by atoms with Gasteiger partial charge in [0.05, 0.1) is 0 Å². The van der Waals surface area contributed by atoms with Crippen LogP contribution in [0.5, 0.6) is 0 Å². The predicted molar refractivity (Wildman–Crippen MR) is 49.8 cm³/mol. The Hall–Kier alpha value is -0.570. The van der Waals surface area contributed by atoms with Crippen LogP contribution in [0.3, 0.4) is 0 Å². The van der Waals surface area contributed by atoms with Crippen molar-refractivity contribution in [2.45, 2.75) is 34.1 Å². The Morgan fingerprint density at radius 2 is 1.60 bits per heavy atom. The lowest BCUT2D eigenvalue weighted by Gasteiger charge is -1.82. The fraction of sp³-hybridized carbons (Fsp3) is 0.857. The number of hydrogen-bond donors (Lipinski definition) is 2. The van der Waals surface area contributed by atoms with Crippen LogP contribution in [0, 0.1) is 0 Å². The van der Waals surface area contributed by atoms with Crippen molar-refractivity contribution in [3.8, 4) is 0 Å². The largest absolute Gasteiger partial charge is 0.370 e. The van der Waals surface area contributed by atoms with Gasteiger partial charge in [-0.1, -0.05) is 27.7 Å². The summed E-state index contributed by atoms with van der Waals surface area (Å²) in [6.45, 7) is 8.36. The van der Waals surface area contributed by atoms with Crippen LogP contribution in [0.1, 0.15) is 37.0 Å². The average Bonchev–Trinajstić information content (AvgIpc) is 1.96. The minimum Gasteiger partial charge on any atom is -0.370 e. The third-order valence-corrected chi connectivity index (χ3v) is 0.391. The zero-order chi connectivity index (χ0) is 8.99. The Morgan fingerprint density at radius 3 is 1.60 bits per heavy atom. The molecule has 0 bridgehead atoms. The molecule has 0 aliphatic rings. The molecule has 0 atom stereocenters. The van der Waals surface area contributed by atoms with Crippen LogP contribution in [0.2, 0.25) is 0 Å². The van der Waals surface area contributed by atoms with Crippen LogP contribution < -0.4 is 11.5 Å². The highest BCUT2D eigenvalue weighted by atomic mass is 16.1. The van der Waals surface area contributed by atoms with Gasteiger partial charge in [0, 0.05) is 15.8 Å². The molecule has 1 amide bonds. The molecule has 3 nitrogen and oxygen atoms in total. The topological polar surface area (TPSA) is 69.1 Å². The van der Waals surface area contributed by atoms with Crippen molar-refractivity contribution >= 4 is 5.91 Å². The van der Waals surface area contributed by atoms with Crippen LogP contribution in [-0.2, 0) is 4.79 Å². The van der Waals surface area contributed by atoms with Gasteiger partial charge in [-0.15, -0.1) is 0 Å². The number of primary amides is 1. The second-order valence-corrected chi connectivity index (χ2v) is 1.00. The normalized spacial score (nSPS) is 6.10. The monoisotopic (exact) mass is 152 g/mol. The fourth-order valence-electron chi connectivity index (χ4n) is 0.142. The first-order valence-corrected chi connectivity index (χ1v) is 3.75. The molecule has 0 aromatic heterocycles. The molecule has 0 aromatic rings. The molecule has 0 fully saturated rings. The predicted octanol–water partition coefficient (Wildman–Crippen LogP) is 1.36. The summed E-state index contributed by atoms with van der Waals surface area (Å²) in [5.74, 6) is -0.336. The molecule has 0 radical (unpaired) electrons. The molecule has 0 aliphatic carbocycles. The minimum atomic E-state index is -0.336. The van der Waals surface area contributed by atoms with E-state index in [1.54, 1.807) is 0 Å². The molecule has 0 aliphatic heterocycles. The molecule has 68 valence electrons. The first kappa shape index (κ1) is 16.2. The zero-order valence-electron chi connectivity index (χ0n) is 7.48. The van der Waals surface area contributed by atoms with Gasteiger partial charge in [0.1, 0.15) is 0 Å². The lowest BCUT2D eigenvalue weighted by atomic mass is 10.4. The van der Waals surface area contributed by atoms with E-state index in [0.717, 1.165) is 0 Å². The Bertz CT molecular complexity index is 63.4. The summed E-state index contributed by atoms with van der Waals surface area (Å²) < 4.78 is 0. The smallest absolute Gasteiger partial charge is 0.218 e. The SMILES string of the molecule is CC.CC.NCCC(N)=O.[HH].[HH]. The van der Waals surface area contributed by atoms with Crippen molar-refractivity contribution in [1.29, 1.82) is 0 Å². The summed E-state index contributed by atoms with van der Waals surface area (Å²) in [5, 5.41) is 0. The molecule has 0 heterocycles. The number of hydrogen-bond acceptors (Lipinski definition) is 2. The van der Waals surface area contributed by atoms with Crippen LogP contribution in [0.4, 0.5) is 0 Å². The van der Waals surface area contributed by atoms with E-state index in [9.17, 15) is 4.79 Å². The molecule has 10 heavy (non-hydrogen) atoms. The number of nitrogens with two attached hydrogens (primary N) is 2. The first-order valence-electron chi connectivity index (χ1n) is 3.75. The number of rotatable bonds is 2. The van der Waals surface area contributed by atoms with Crippen LogP contribution in [0.25, 0.3) is 0 Å². The van der Waals surface area contributed by atoms with E-state index in [1.807, 2.05) is 27.7 Å². The average molecular weight is 152 g/mol. The summed E-state index contributed by atoms with van der Waals surface area (Å²) in [6.07, 6.45) is 0.292. The third-order valence-electron chi connectivity index (χ3n) is 0.391. The second-order valence-electron chi connectivity index (χ2n) is 1.00. The minimum absolute atomic E-state index is 0. The van der Waals surface area contributed by atoms with Crippen molar-refractivity contribution < 1.29 is 7.65 Å². The molecule has 0 spiro atoms. The maximum Gasteiger partial charge on any atom is 0.218 e. The van der Waals surface area contributed by atoms with Gasteiger partial charge in [0.2, 0.25) is 5.91 Å². The maximum absolute atomic E-state index is 9.74. The highest BCUT2D eigenvalue weighted by molar-refractivity contribution is 5.73. The molecule has 4 N–H and O–H groups in total. The van der Waals surface area contributed by atoms with Gasteiger partial charge in [-0.3, -0.25) is 4.79 Å². The van der Waals surface area contributed by atoms with Crippen molar-refractivity contribution in [2.75, 3.05) is 6.54 Å². The number of carbonyl (C=O) groups is 1. The van der Waals surface area contributed by atoms with Gasteiger partial charge in [0.25, 0.3) is 0 Å². The summed E-state index contributed by atoms with van der Waals surface area (Å²) in [4.78, 5) is 9.74. The molecule has 0 aromatic carbocycles. The van der Waals surface area contributed by atoms with Crippen molar-refractivity contribution in [3.05, 3.63) is 0 Å². The number of amides is 1. The molecule has 0 rings (SSSR count). The van der Waals surface area contributed by atoms with Crippen LogP contribution >= 0.6 is 0 Å². The van der Waals surface area contributed by atoms with Gasteiger partial charge in [-0.05, 0) is 0 Å². The van der Waals surface area contributed by atoms with Gasteiger partial charge >= 0.3 is 0 Å². The van der Waals surface area contributed by atoms with E-state index in [-0.39, 0.29) is 8.76 Å². The Labute approximate surface area is 66.8 Å². The molecular formula is C7H24N2O. The zero-order valence-corrected chi connectivity index (χ0v) is 7.48. The summed E-state index contributed by atoms with van der Waals surface area (Å²) in [5.41, 5.74) is 9.61. The van der Waals surface area contributed by atoms with Crippen molar-refractivity contribution in [2.24, 2.45) is 11.5 Å². The second kappa shape index (κ2) is 23.7. The van der Waals surface area contributed by atoms with Gasteiger partial charge in [-0.25, -0.2) is 0 Å². The summed E-state index contributed by atoms with van der Waals surface area (Å²) >= 11 is 0. The van der Waals surface area contributed by atoms with Crippen molar-refractivity contribution in [1.82, 2.24) is 0 Å². The molecular weight excluding hydrogens is 128 g/mol. The molecule has 0 unspecified atom stereocenters. The Balaban J connectivity index is -0.0000000241. The van der Waals surface area contributed by atoms with Crippen molar-refractivity contribution in [3.63, 3.8) is 0 Å². The maximum atomic E-state index is 9.74. The van der Waals surface area contributed by atoms with E-state index in [0.29, 0.717) is 13.0 Å². The van der Waals surface area contributed by atoms with Gasteiger partial charge in [-0.2, -0.15) is 0 Å². The highest BCUT2D eigenvalue weighted by Crippen LogP contribution is 1.63. The van der Waals surface area contributed by atoms with Gasteiger partial charge in [0.15, 0.2) is 0 Å². The lowest BCUT2D eigenvalue weighted by molar-refractivity contribution is -0.117. The van der Waals surface area contributed by atoms with E-state index in [2.05, 4.69) is 5.73 Å². The molecule has 0 saturated carbocycles. The Morgan fingerprint density at radius 1 is 1.30 bits per heavy atom. The van der Waals surface area contributed by atoms with Crippen LogP contribution in [-0.4, -0.2) is 12.5 Å². The number of carbonyl (C=O) groups excluding carboxylic acids is 1. The van der Waals surface area contributed by atoms with E-state index < -0.39 is 0 Å². The van der Waals surface area contributed by atoms with E-state index in [4.69, 9.17) is 5.73 Å². The standard InChI is InChI=1S/C3H8N2O.2C2H6.2H2/c4-2-1-3(5)6;2*1-2;;/h1-2,4H2,(H2,5,6);2*1-2H3;2*1H. The Kier molecular flexibility index (Phi) is 38.4. The van der Waals surface area contributed by atoms with E-state index >= 15 is 0 Å².